The van der Waals surface area contributed by atoms with Gasteiger partial charge in [-0.25, -0.2) is 4.98 Å². The number of aromatic nitrogens is 1. The first kappa shape index (κ1) is 13.5. The fraction of sp³-hybridized carbons (Fsp3) is 0.538. The van der Waals surface area contributed by atoms with E-state index >= 15 is 0 Å². The molecule has 0 unspecified atom stereocenters. The first-order valence-corrected chi connectivity index (χ1v) is 5.66. The average Bonchev–Trinajstić information content (AvgIpc) is 2.25. The number of pyridine rings is 1. The number of ether oxygens (including phenoxy) is 1. The van der Waals surface area contributed by atoms with Gasteiger partial charge in [0, 0.05) is 25.2 Å². The number of carbonyl (C=O) groups is 1. The molecule has 4 nitrogen and oxygen atoms in total. The summed E-state index contributed by atoms with van der Waals surface area (Å²) in [5, 5.41) is 2.87. The van der Waals surface area contributed by atoms with E-state index in [4.69, 9.17) is 4.74 Å². The molecular weight excluding hydrogens is 216 g/mol. The molecule has 17 heavy (non-hydrogen) atoms. The van der Waals surface area contributed by atoms with Crippen molar-refractivity contribution in [3.05, 3.63) is 23.9 Å². The third-order valence-corrected chi connectivity index (χ3v) is 2.19. The van der Waals surface area contributed by atoms with Crippen molar-refractivity contribution in [2.75, 3.05) is 7.11 Å². The molecule has 1 heterocycles. The lowest BCUT2D eigenvalue weighted by atomic mass is 9.92. The van der Waals surface area contributed by atoms with Crippen LogP contribution in [0.2, 0.25) is 0 Å². The molecule has 0 saturated heterocycles. The molecule has 0 saturated carbocycles. The second-order valence-electron chi connectivity index (χ2n) is 5.22. The summed E-state index contributed by atoms with van der Waals surface area (Å²) in [5.74, 6) is 0.642. The Morgan fingerprint density at radius 3 is 2.59 bits per heavy atom. The second kappa shape index (κ2) is 5.66. The van der Waals surface area contributed by atoms with Crippen LogP contribution in [0.3, 0.4) is 0 Å². The number of nitrogens with zero attached hydrogens (tertiary/aromatic N) is 1. The van der Waals surface area contributed by atoms with Gasteiger partial charge in [-0.2, -0.15) is 0 Å². The lowest BCUT2D eigenvalue weighted by Gasteiger charge is -2.17. The van der Waals surface area contributed by atoms with Crippen LogP contribution in [0.1, 0.15) is 32.8 Å². The van der Waals surface area contributed by atoms with Crippen LogP contribution < -0.4 is 10.1 Å². The number of hydrogen-bond acceptors (Lipinski definition) is 3. The predicted octanol–water partition coefficient (Wildman–Crippen LogP) is 2.14. The summed E-state index contributed by atoms with van der Waals surface area (Å²) in [6, 6.07) is 3.68. The fourth-order valence-electron chi connectivity index (χ4n) is 1.38. The highest BCUT2D eigenvalue weighted by atomic mass is 16.5. The Balaban J connectivity index is 2.42. The van der Waals surface area contributed by atoms with Gasteiger partial charge in [0.05, 0.1) is 7.11 Å². The molecule has 0 aromatic carbocycles. The molecule has 0 aliphatic rings. The van der Waals surface area contributed by atoms with Crippen molar-refractivity contribution in [3.63, 3.8) is 0 Å². The van der Waals surface area contributed by atoms with Crippen LogP contribution in [-0.4, -0.2) is 18.0 Å². The van der Waals surface area contributed by atoms with Crippen LogP contribution >= 0.6 is 0 Å². The maximum atomic E-state index is 11.6. The Labute approximate surface area is 102 Å². The number of nitrogens with one attached hydrogen (secondary N) is 1. The van der Waals surface area contributed by atoms with E-state index in [1.807, 2.05) is 26.8 Å². The Morgan fingerprint density at radius 2 is 2.12 bits per heavy atom. The summed E-state index contributed by atoms with van der Waals surface area (Å²) in [6.07, 6.45) is 2.23. The molecule has 94 valence electrons. The van der Waals surface area contributed by atoms with E-state index in [1.54, 1.807) is 19.4 Å². The lowest BCUT2D eigenvalue weighted by molar-refractivity contribution is -0.122. The zero-order valence-corrected chi connectivity index (χ0v) is 10.9. The quantitative estimate of drug-likeness (QED) is 0.871. The zero-order valence-electron chi connectivity index (χ0n) is 10.9. The molecule has 0 bridgehead atoms. The summed E-state index contributed by atoms with van der Waals surface area (Å²) < 4.78 is 4.96. The van der Waals surface area contributed by atoms with Gasteiger partial charge in [-0.05, 0) is 11.0 Å². The molecule has 4 heteroatoms. The Kier molecular flexibility index (Phi) is 4.49. The van der Waals surface area contributed by atoms with Gasteiger partial charge in [-0.1, -0.05) is 26.8 Å². The van der Waals surface area contributed by atoms with Crippen molar-refractivity contribution in [1.82, 2.24) is 10.3 Å². The Bertz CT molecular complexity index is 366. The van der Waals surface area contributed by atoms with Crippen molar-refractivity contribution < 1.29 is 9.53 Å². The van der Waals surface area contributed by atoms with Crippen molar-refractivity contribution in [3.8, 4) is 5.88 Å². The minimum absolute atomic E-state index is 0.0161. The highest BCUT2D eigenvalue weighted by Gasteiger charge is 2.15. The van der Waals surface area contributed by atoms with Crippen LogP contribution in [0.4, 0.5) is 0 Å². The molecule has 1 amide bonds. The van der Waals surface area contributed by atoms with E-state index in [0.717, 1.165) is 5.56 Å². The number of hydrogen-bond donors (Lipinski definition) is 1. The average molecular weight is 236 g/mol. The fourth-order valence-corrected chi connectivity index (χ4v) is 1.38. The van der Waals surface area contributed by atoms with E-state index in [1.165, 1.54) is 0 Å². The topological polar surface area (TPSA) is 51.2 Å². The van der Waals surface area contributed by atoms with Gasteiger partial charge in [-0.15, -0.1) is 0 Å². The molecule has 1 rings (SSSR count). The molecule has 0 radical (unpaired) electrons. The zero-order chi connectivity index (χ0) is 12.9. The number of rotatable bonds is 4. The molecule has 0 aliphatic heterocycles. The first-order valence-electron chi connectivity index (χ1n) is 5.66. The molecule has 1 aromatic heterocycles. The van der Waals surface area contributed by atoms with Crippen LogP contribution in [-0.2, 0) is 11.3 Å². The van der Waals surface area contributed by atoms with Crippen molar-refractivity contribution in [2.45, 2.75) is 33.7 Å². The maximum absolute atomic E-state index is 11.6. The van der Waals surface area contributed by atoms with Crippen LogP contribution in [0, 0.1) is 5.41 Å². The lowest BCUT2D eigenvalue weighted by Crippen LogP contribution is -2.27. The normalized spacial score (nSPS) is 11.1. The predicted molar refractivity (Wildman–Crippen MR) is 66.7 cm³/mol. The molecule has 0 aliphatic carbocycles. The molecule has 0 fully saturated rings. The summed E-state index contributed by atoms with van der Waals surface area (Å²) in [6.45, 7) is 6.64. The van der Waals surface area contributed by atoms with E-state index in [9.17, 15) is 4.79 Å². The largest absolute Gasteiger partial charge is 0.481 e. The van der Waals surface area contributed by atoms with Gasteiger partial charge in [0.1, 0.15) is 0 Å². The maximum Gasteiger partial charge on any atom is 0.220 e. The summed E-state index contributed by atoms with van der Waals surface area (Å²) in [4.78, 5) is 15.7. The van der Waals surface area contributed by atoms with Crippen LogP contribution in [0.25, 0.3) is 0 Å². The monoisotopic (exact) mass is 236 g/mol. The van der Waals surface area contributed by atoms with Gasteiger partial charge >= 0.3 is 0 Å². The highest BCUT2D eigenvalue weighted by Crippen LogP contribution is 2.17. The van der Waals surface area contributed by atoms with Gasteiger partial charge < -0.3 is 10.1 Å². The Morgan fingerprint density at radius 1 is 1.41 bits per heavy atom. The van der Waals surface area contributed by atoms with Crippen molar-refractivity contribution in [2.24, 2.45) is 5.41 Å². The van der Waals surface area contributed by atoms with Gasteiger partial charge in [-0.3, -0.25) is 4.79 Å². The summed E-state index contributed by atoms with van der Waals surface area (Å²) >= 11 is 0. The van der Waals surface area contributed by atoms with E-state index in [2.05, 4.69) is 10.3 Å². The van der Waals surface area contributed by atoms with Gasteiger partial charge in [0.2, 0.25) is 11.8 Å². The third-order valence-electron chi connectivity index (χ3n) is 2.19. The van der Waals surface area contributed by atoms with Crippen LogP contribution in [0.5, 0.6) is 5.88 Å². The SMILES string of the molecule is COc1ccc(CNC(=O)CC(C)(C)C)cn1. The minimum atomic E-state index is 0.0161. The number of methoxy groups -OCH3 is 1. The minimum Gasteiger partial charge on any atom is -0.481 e. The summed E-state index contributed by atoms with van der Waals surface area (Å²) in [5.41, 5.74) is 0.982. The number of carbonyl (C=O) groups excluding carboxylic acids is 1. The Hall–Kier alpha value is -1.58. The van der Waals surface area contributed by atoms with Gasteiger partial charge in [0.15, 0.2) is 0 Å². The molecular formula is C13H20N2O2. The number of amides is 1. The smallest absolute Gasteiger partial charge is 0.220 e. The van der Waals surface area contributed by atoms with Crippen LogP contribution in [0.15, 0.2) is 18.3 Å². The molecule has 0 spiro atoms. The second-order valence-corrected chi connectivity index (χ2v) is 5.22. The summed E-state index contributed by atoms with van der Waals surface area (Å²) in [7, 11) is 1.58. The van der Waals surface area contributed by atoms with Crippen molar-refractivity contribution >= 4 is 5.91 Å². The molecule has 1 aromatic rings. The van der Waals surface area contributed by atoms with Gasteiger partial charge in [0.25, 0.3) is 0 Å². The van der Waals surface area contributed by atoms with E-state index in [0.29, 0.717) is 18.8 Å². The van der Waals surface area contributed by atoms with E-state index < -0.39 is 0 Å². The standard InChI is InChI=1S/C13H20N2O2/c1-13(2,3)7-11(16)14-8-10-5-6-12(17-4)15-9-10/h5-6,9H,7-8H2,1-4H3,(H,14,16). The van der Waals surface area contributed by atoms with E-state index in [-0.39, 0.29) is 11.3 Å². The first-order chi connectivity index (χ1) is 7.90. The third kappa shape index (κ3) is 5.33. The highest BCUT2D eigenvalue weighted by molar-refractivity contribution is 5.76. The molecule has 0 atom stereocenters. The van der Waals surface area contributed by atoms with Crippen molar-refractivity contribution in [1.29, 1.82) is 0 Å². The molecule has 1 N–H and O–H groups in total.